The molecule has 9 nitrogen and oxygen atoms in total. The predicted octanol–water partition coefficient (Wildman–Crippen LogP) is 4.32. The molecule has 0 spiro atoms. The summed E-state index contributed by atoms with van der Waals surface area (Å²) in [4.78, 5) is 51.7. The van der Waals surface area contributed by atoms with Crippen molar-refractivity contribution in [2.45, 2.75) is 0 Å². The lowest BCUT2D eigenvalue weighted by atomic mass is 9.98. The van der Waals surface area contributed by atoms with Crippen molar-refractivity contribution in [3.63, 3.8) is 0 Å². The quantitative estimate of drug-likeness (QED) is 0.234. The maximum absolute atomic E-state index is 12.9. The molecule has 0 aliphatic carbocycles. The van der Waals surface area contributed by atoms with Crippen molar-refractivity contribution < 1.29 is 24.0 Å². The standard InChI is InChI=1S/C21H13Cl2N3O6/c22-13-6-8-18(24-10-13)25-19(27)11-32-21(29)15-4-2-1-3-14(15)20(28)12-5-7-16(23)17(9-12)26(30)31/h1-10H,11H2,(H,24,25,27). The van der Waals surface area contributed by atoms with Gasteiger partial charge in [-0.05, 0) is 30.3 Å². The Balaban J connectivity index is 1.74. The molecule has 0 radical (unpaired) electrons. The normalized spacial score (nSPS) is 10.3. The van der Waals surface area contributed by atoms with Crippen LogP contribution in [-0.2, 0) is 9.53 Å². The van der Waals surface area contributed by atoms with Crippen molar-refractivity contribution >= 4 is 52.4 Å². The van der Waals surface area contributed by atoms with Gasteiger partial charge in [-0.15, -0.1) is 0 Å². The zero-order chi connectivity index (χ0) is 23.3. The van der Waals surface area contributed by atoms with Crippen LogP contribution in [0.2, 0.25) is 10.0 Å². The number of anilines is 1. The van der Waals surface area contributed by atoms with Crippen LogP contribution < -0.4 is 5.32 Å². The number of hydrogen-bond acceptors (Lipinski definition) is 7. The van der Waals surface area contributed by atoms with Gasteiger partial charge in [0, 0.05) is 23.4 Å². The number of rotatable bonds is 7. The minimum atomic E-state index is -0.920. The molecule has 0 bridgehead atoms. The molecule has 1 N–H and O–H groups in total. The molecule has 1 heterocycles. The van der Waals surface area contributed by atoms with E-state index in [2.05, 4.69) is 10.3 Å². The third-order valence-corrected chi connectivity index (χ3v) is 4.67. The van der Waals surface area contributed by atoms with Crippen molar-refractivity contribution in [2.24, 2.45) is 0 Å². The fraction of sp³-hybridized carbons (Fsp3) is 0.0476. The maximum atomic E-state index is 12.9. The molecule has 3 aromatic rings. The second-order valence-electron chi connectivity index (χ2n) is 6.28. The number of ketones is 1. The van der Waals surface area contributed by atoms with Crippen molar-refractivity contribution in [3.05, 3.63) is 97.6 Å². The van der Waals surface area contributed by atoms with Gasteiger partial charge in [0.05, 0.1) is 15.5 Å². The molecular formula is C21H13Cl2N3O6. The summed E-state index contributed by atoms with van der Waals surface area (Å²) in [5.74, 6) is -2.00. The first kappa shape index (κ1) is 22.9. The number of nitro benzene ring substituents is 1. The first-order valence-corrected chi connectivity index (χ1v) is 9.68. The fourth-order valence-electron chi connectivity index (χ4n) is 2.65. The van der Waals surface area contributed by atoms with Gasteiger partial charge in [0.15, 0.2) is 12.4 Å². The highest BCUT2D eigenvalue weighted by Gasteiger charge is 2.22. The van der Waals surface area contributed by atoms with Crippen LogP contribution in [0.25, 0.3) is 0 Å². The second kappa shape index (κ2) is 9.99. The van der Waals surface area contributed by atoms with E-state index in [0.717, 1.165) is 6.07 Å². The minimum absolute atomic E-state index is 0.0343. The summed E-state index contributed by atoms with van der Waals surface area (Å²) < 4.78 is 5.01. The molecule has 1 aromatic heterocycles. The van der Waals surface area contributed by atoms with E-state index in [1.165, 1.54) is 54.7 Å². The molecule has 11 heteroatoms. The van der Waals surface area contributed by atoms with Crippen molar-refractivity contribution in [1.29, 1.82) is 0 Å². The highest BCUT2D eigenvalue weighted by molar-refractivity contribution is 6.33. The zero-order valence-corrected chi connectivity index (χ0v) is 17.6. The Morgan fingerprint density at radius 2 is 1.75 bits per heavy atom. The fourth-order valence-corrected chi connectivity index (χ4v) is 2.94. The molecule has 0 aliphatic rings. The van der Waals surface area contributed by atoms with Crippen LogP contribution in [0.1, 0.15) is 26.3 Å². The summed E-state index contributed by atoms with van der Waals surface area (Å²) >= 11 is 11.5. The van der Waals surface area contributed by atoms with Gasteiger partial charge in [-0.3, -0.25) is 19.7 Å². The zero-order valence-electron chi connectivity index (χ0n) is 16.1. The Morgan fingerprint density at radius 3 is 2.41 bits per heavy atom. The van der Waals surface area contributed by atoms with Gasteiger partial charge in [0.25, 0.3) is 11.6 Å². The number of nitrogens with one attached hydrogen (secondary N) is 1. The summed E-state index contributed by atoms with van der Waals surface area (Å²) in [6, 6.07) is 12.3. The monoisotopic (exact) mass is 473 g/mol. The highest BCUT2D eigenvalue weighted by atomic mass is 35.5. The molecule has 3 rings (SSSR count). The lowest BCUT2D eigenvalue weighted by Gasteiger charge is -2.10. The Morgan fingerprint density at radius 1 is 1.03 bits per heavy atom. The van der Waals surface area contributed by atoms with Crippen LogP contribution in [0.4, 0.5) is 11.5 Å². The van der Waals surface area contributed by atoms with E-state index in [1.54, 1.807) is 0 Å². The molecule has 0 saturated heterocycles. The van der Waals surface area contributed by atoms with E-state index in [1.807, 2.05) is 0 Å². The van der Waals surface area contributed by atoms with Gasteiger partial charge in [-0.25, -0.2) is 9.78 Å². The summed E-state index contributed by atoms with van der Waals surface area (Å²) in [5.41, 5.74) is -0.626. The summed E-state index contributed by atoms with van der Waals surface area (Å²) in [5, 5.41) is 13.8. The van der Waals surface area contributed by atoms with E-state index in [9.17, 15) is 24.5 Å². The summed E-state index contributed by atoms with van der Waals surface area (Å²) in [6.07, 6.45) is 1.34. The SMILES string of the molecule is O=C(COC(=O)c1ccccc1C(=O)c1ccc(Cl)c([N+](=O)[O-])c1)Nc1ccc(Cl)cn1. The number of amides is 1. The average molecular weight is 474 g/mol. The lowest BCUT2D eigenvalue weighted by Crippen LogP contribution is -2.22. The topological polar surface area (TPSA) is 128 Å². The molecule has 0 aliphatic heterocycles. The molecular weight excluding hydrogens is 461 g/mol. The predicted molar refractivity (Wildman–Crippen MR) is 116 cm³/mol. The maximum Gasteiger partial charge on any atom is 0.339 e. The van der Waals surface area contributed by atoms with Crippen molar-refractivity contribution in [2.75, 3.05) is 11.9 Å². The number of carbonyl (C=O) groups excluding carboxylic acids is 3. The number of ether oxygens (including phenoxy) is 1. The van der Waals surface area contributed by atoms with Crippen molar-refractivity contribution in [3.8, 4) is 0 Å². The highest BCUT2D eigenvalue weighted by Crippen LogP contribution is 2.27. The Bertz CT molecular complexity index is 1210. The Kier molecular flexibility index (Phi) is 7.14. The minimum Gasteiger partial charge on any atom is -0.452 e. The molecule has 32 heavy (non-hydrogen) atoms. The van der Waals surface area contributed by atoms with Crippen LogP contribution in [0, 0.1) is 10.1 Å². The number of pyridine rings is 1. The second-order valence-corrected chi connectivity index (χ2v) is 7.13. The molecule has 2 aromatic carbocycles. The molecule has 0 saturated carbocycles. The molecule has 0 unspecified atom stereocenters. The van der Waals surface area contributed by atoms with Crippen LogP contribution in [-0.4, -0.2) is 34.2 Å². The van der Waals surface area contributed by atoms with Gasteiger partial charge in [0.2, 0.25) is 0 Å². The number of carbonyl (C=O) groups is 3. The van der Waals surface area contributed by atoms with E-state index < -0.39 is 34.9 Å². The van der Waals surface area contributed by atoms with E-state index in [4.69, 9.17) is 27.9 Å². The number of hydrogen-bond donors (Lipinski definition) is 1. The van der Waals surface area contributed by atoms with Crippen LogP contribution in [0.3, 0.4) is 0 Å². The summed E-state index contributed by atoms with van der Waals surface area (Å²) in [6.45, 7) is -0.627. The van der Waals surface area contributed by atoms with Crippen LogP contribution in [0.15, 0.2) is 60.8 Å². The molecule has 162 valence electrons. The third-order valence-electron chi connectivity index (χ3n) is 4.13. The smallest absolute Gasteiger partial charge is 0.339 e. The van der Waals surface area contributed by atoms with Gasteiger partial charge in [0.1, 0.15) is 10.8 Å². The number of nitro groups is 1. The van der Waals surface area contributed by atoms with Gasteiger partial charge in [-0.2, -0.15) is 0 Å². The van der Waals surface area contributed by atoms with Crippen LogP contribution >= 0.6 is 23.2 Å². The number of esters is 1. The number of aromatic nitrogens is 1. The van der Waals surface area contributed by atoms with E-state index >= 15 is 0 Å². The number of halogens is 2. The lowest BCUT2D eigenvalue weighted by molar-refractivity contribution is -0.384. The van der Waals surface area contributed by atoms with Crippen LogP contribution in [0.5, 0.6) is 0 Å². The first-order valence-electron chi connectivity index (χ1n) is 8.92. The molecule has 0 fully saturated rings. The Labute approximate surface area is 191 Å². The molecule has 0 atom stereocenters. The van der Waals surface area contributed by atoms with Gasteiger partial charge < -0.3 is 10.1 Å². The Hall–Kier alpha value is -3.82. The van der Waals surface area contributed by atoms with E-state index in [-0.39, 0.29) is 27.5 Å². The largest absolute Gasteiger partial charge is 0.452 e. The average Bonchev–Trinajstić information content (AvgIpc) is 2.78. The summed E-state index contributed by atoms with van der Waals surface area (Å²) in [7, 11) is 0. The van der Waals surface area contributed by atoms with Crippen molar-refractivity contribution in [1.82, 2.24) is 4.98 Å². The van der Waals surface area contributed by atoms with Gasteiger partial charge in [-0.1, -0.05) is 41.4 Å². The van der Waals surface area contributed by atoms with Gasteiger partial charge >= 0.3 is 5.97 Å². The first-order chi connectivity index (χ1) is 15.3. The molecule has 1 amide bonds. The number of benzene rings is 2. The number of nitrogens with zero attached hydrogens (tertiary/aromatic N) is 2. The third kappa shape index (κ3) is 5.45. The van der Waals surface area contributed by atoms with E-state index in [0.29, 0.717) is 5.02 Å².